The van der Waals surface area contributed by atoms with Crippen LogP contribution in [0.2, 0.25) is 0 Å². The van der Waals surface area contributed by atoms with Gasteiger partial charge >= 0.3 is 5.97 Å². The van der Waals surface area contributed by atoms with Gasteiger partial charge in [-0.3, -0.25) is 0 Å². The first kappa shape index (κ1) is 51.8. The summed E-state index contributed by atoms with van der Waals surface area (Å²) in [7, 11) is 6.52. The Bertz CT molecular complexity index is 1390. The number of fused-ring (bicyclic) bond motifs is 2. The molecule has 0 radical (unpaired) electrons. The van der Waals surface area contributed by atoms with Gasteiger partial charge in [-0.1, -0.05) is 43.7 Å². The van der Waals surface area contributed by atoms with E-state index in [4.69, 9.17) is 42.6 Å². The zero-order valence-electron chi connectivity index (χ0n) is 38.0. The maximum absolute atomic E-state index is 13.8. The van der Waals surface area contributed by atoms with E-state index in [0.717, 1.165) is 24.8 Å². The number of rotatable bonds is 13. The van der Waals surface area contributed by atoms with Crippen LogP contribution in [0.15, 0.2) is 36.0 Å². The van der Waals surface area contributed by atoms with Gasteiger partial charge in [0, 0.05) is 72.0 Å². The molecular formula is C46H78O15. The van der Waals surface area contributed by atoms with E-state index in [1.807, 2.05) is 39.8 Å². The Morgan fingerprint density at radius 2 is 1.57 bits per heavy atom. The van der Waals surface area contributed by atoms with Crippen molar-refractivity contribution >= 4 is 5.97 Å². The Balaban J connectivity index is 1.63. The van der Waals surface area contributed by atoms with Crippen molar-refractivity contribution in [1.29, 1.82) is 0 Å². The van der Waals surface area contributed by atoms with Crippen LogP contribution in [0.25, 0.3) is 0 Å². The average molecular weight is 871 g/mol. The molecule has 0 aromatic rings. The third-order valence-electron chi connectivity index (χ3n) is 13.5. The highest BCUT2D eigenvalue weighted by atomic mass is 16.7. The molecule has 0 saturated carbocycles. The maximum Gasteiger partial charge on any atom is 0.331 e. The van der Waals surface area contributed by atoms with Crippen LogP contribution in [0.3, 0.4) is 0 Å². The SMILES string of the molecule is COC1CC(C)OC(CCC(C)C(O)C(C)C2(C)CC(OC)CC(OC)C(CO)C(OC)CC3CC=CC(CC(O[C@H]4OC[C@@H](O)[C@H](O)[C@H]4O)C/C=C(C)/C=C/C(=O)O2)O3)C1. The predicted molar refractivity (Wildman–Crippen MR) is 226 cm³/mol. The zero-order chi connectivity index (χ0) is 44.9. The summed E-state index contributed by atoms with van der Waals surface area (Å²) in [6, 6.07) is 0. The van der Waals surface area contributed by atoms with Gasteiger partial charge in [0.25, 0.3) is 0 Å². The van der Waals surface area contributed by atoms with Crippen molar-refractivity contribution in [3.8, 4) is 0 Å². The molecule has 4 heterocycles. The molecule has 5 N–H and O–H groups in total. The van der Waals surface area contributed by atoms with Crippen molar-refractivity contribution in [2.24, 2.45) is 17.8 Å². The van der Waals surface area contributed by atoms with Gasteiger partial charge in [0.1, 0.15) is 23.9 Å². The Kier molecular flexibility index (Phi) is 21.2. The highest BCUT2D eigenvalue weighted by molar-refractivity contribution is 5.82. The summed E-state index contributed by atoms with van der Waals surface area (Å²) in [6.07, 6.45) is 5.80. The molecule has 4 aliphatic rings. The van der Waals surface area contributed by atoms with E-state index in [1.54, 1.807) is 34.5 Å². The molecule has 14 unspecified atom stereocenters. The third-order valence-corrected chi connectivity index (χ3v) is 13.5. The van der Waals surface area contributed by atoms with E-state index in [0.29, 0.717) is 38.5 Å². The van der Waals surface area contributed by atoms with Gasteiger partial charge in [0.15, 0.2) is 6.29 Å². The van der Waals surface area contributed by atoms with Crippen LogP contribution in [-0.4, -0.2) is 164 Å². The number of hydrogen-bond donors (Lipinski definition) is 5. The molecule has 0 aliphatic carbocycles. The molecule has 61 heavy (non-hydrogen) atoms. The number of esters is 1. The van der Waals surface area contributed by atoms with Crippen molar-refractivity contribution in [1.82, 2.24) is 0 Å². The number of cyclic esters (lactones) is 1. The number of aliphatic hydroxyl groups excluding tert-OH is 5. The van der Waals surface area contributed by atoms with Crippen LogP contribution in [0.4, 0.5) is 0 Å². The summed E-state index contributed by atoms with van der Waals surface area (Å²) in [6.45, 7) is 9.22. The van der Waals surface area contributed by atoms with Gasteiger partial charge in [-0.25, -0.2) is 4.79 Å². The second-order valence-electron chi connectivity index (χ2n) is 18.1. The molecule has 2 fully saturated rings. The molecule has 2 saturated heterocycles. The van der Waals surface area contributed by atoms with E-state index in [2.05, 4.69) is 13.0 Å². The first-order valence-electron chi connectivity index (χ1n) is 22.3. The normalized spacial score (nSPS) is 41.7. The Labute approximate surface area is 363 Å². The Morgan fingerprint density at radius 1 is 0.869 bits per heavy atom. The van der Waals surface area contributed by atoms with Crippen molar-refractivity contribution in [2.75, 3.05) is 41.7 Å². The fraction of sp³-hybridized carbons (Fsp3) is 0.848. The number of ether oxygens (including phenoxy) is 9. The minimum Gasteiger partial charge on any atom is -0.456 e. The molecule has 15 nitrogen and oxygen atoms in total. The topological polar surface area (TPSA) is 201 Å². The average Bonchev–Trinajstić information content (AvgIpc) is 3.24. The van der Waals surface area contributed by atoms with E-state index in [1.165, 1.54) is 6.08 Å². The van der Waals surface area contributed by atoms with Gasteiger partial charge in [-0.05, 0) is 65.2 Å². The maximum atomic E-state index is 13.8. The third kappa shape index (κ3) is 15.1. The summed E-state index contributed by atoms with van der Waals surface area (Å²) in [5.41, 5.74) is -0.457. The van der Waals surface area contributed by atoms with Crippen molar-refractivity contribution < 1.29 is 73.0 Å². The molecule has 0 aromatic carbocycles. The quantitative estimate of drug-likeness (QED) is 0.132. The van der Waals surface area contributed by atoms with Crippen LogP contribution < -0.4 is 0 Å². The molecular weight excluding hydrogens is 792 g/mol. The van der Waals surface area contributed by atoms with Crippen molar-refractivity contribution in [3.63, 3.8) is 0 Å². The van der Waals surface area contributed by atoms with Gasteiger partial charge < -0.3 is 68.2 Å². The lowest BCUT2D eigenvalue weighted by molar-refractivity contribution is -0.284. The lowest BCUT2D eigenvalue weighted by Crippen LogP contribution is -2.54. The number of aliphatic hydroxyl groups is 5. The number of carbonyl (C=O) groups excluding carboxylic acids is 1. The fourth-order valence-electron chi connectivity index (χ4n) is 9.39. The second-order valence-corrected chi connectivity index (χ2v) is 18.1. The number of methoxy groups -OCH3 is 4. The highest BCUT2D eigenvalue weighted by Gasteiger charge is 2.45. The van der Waals surface area contributed by atoms with Gasteiger partial charge in [-0.15, -0.1) is 0 Å². The van der Waals surface area contributed by atoms with Gasteiger partial charge in [-0.2, -0.15) is 0 Å². The first-order chi connectivity index (χ1) is 29.0. The molecule has 352 valence electrons. The Hall–Kier alpha value is -1.83. The zero-order valence-corrected chi connectivity index (χ0v) is 38.0. The second kappa shape index (κ2) is 25.0. The van der Waals surface area contributed by atoms with Crippen molar-refractivity contribution in [3.05, 3.63) is 36.0 Å². The van der Waals surface area contributed by atoms with Crippen LogP contribution in [-0.2, 0) is 47.4 Å². The number of allylic oxidation sites excluding steroid dienone is 2. The van der Waals surface area contributed by atoms with E-state index < -0.39 is 78.5 Å². The molecule has 0 amide bonds. The molecule has 18 atom stereocenters. The van der Waals surface area contributed by atoms with Gasteiger partial charge in [0.2, 0.25) is 0 Å². The lowest BCUT2D eigenvalue weighted by Gasteiger charge is -2.42. The molecule has 15 heteroatoms. The monoisotopic (exact) mass is 871 g/mol. The summed E-state index contributed by atoms with van der Waals surface area (Å²) in [5, 5.41) is 53.8. The van der Waals surface area contributed by atoms with Crippen LogP contribution in [0, 0.1) is 17.8 Å². The van der Waals surface area contributed by atoms with Crippen LogP contribution in [0.5, 0.6) is 0 Å². The number of hydrogen-bond acceptors (Lipinski definition) is 15. The minimum absolute atomic E-state index is 0.0241. The largest absolute Gasteiger partial charge is 0.456 e. The fourth-order valence-corrected chi connectivity index (χ4v) is 9.39. The van der Waals surface area contributed by atoms with Crippen LogP contribution >= 0.6 is 0 Å². The van der Waals surface area contributed by atoms with Crippen molar-refractivity contribution in [2.45, 2.75) is 190 Å². The van der Waals surface area contributed by atoms with Crippen LogP contribution in [0.1, 0.15) is 98.8 Å². The molecule has 4 rings (SSSR count). The summed E-state index contributed by atoms with van der Waals surface area (Å²) in [4.78, 5) is 13.8. The molecule has 0 spiro atoms. The lowest BCUT2D eigenvalue weighted by atomic mass is 9.76. The smallest absolute Gasteiger partial charge is 0.331 e. The molecule has 0 aromatic heterocycles. The van der Waals surface area contributed by atoms with Gasteiger partial charge in [0.05, 0.1) is 74.3 Å². The Morgan fingerprint density at radius 3 is 2.25 bits per heavy atom. The summed E-state index contributed by atoms with van der Waals surface area (Å²) >= 11 is 0. The highest BCUT2D eigenvalue weighted by Crippen LogP contribution is 2.37. The summed E-state index contributed by atoms with van der Waals surface area (Å²) < 4.78 is 54.8. The first-order valence-corrected chi connectivity index (χ1v) is 22.3. The minimum atomic E-state index is -1.47. The number of carbonyl (C=O) groups is 1. The summed E-state index contributed by atoms with van der Waals surface area (Å²) in [5.74, 6) is -1.73. The predicted octanol–water partition coefficient (Wildman–Crippen LogP) is 3.94. The molecule has 2 bridgehead atoms. The van der Waals surface area contributed by atoms with E-state index in [-0.39, 0.29) is 56.1 Å². The van der Waals surface area contributed by atoms with E-state index >= 15 is 0 Å². The molecule has 4 aliphatic heterocycles. The van der Waals surface area contributed by atoms with E-state index in [9.17, 15) is 30.3 Å². The standard InChI is InChI=1S/C46H78O15/c1-27-13-16-34(60-45-44(52)43(51)38(48)26-57-45)20-31-11-10-12-32(59-31)22-39(55-8)37(25-47)40(56-9)23-36(54-7)24-46(5,61-41(49)18-14-27)30(4)42(50)28(2)15-17-33-21-35(53-6)19-29(3)58-33/h10-11,13-14,18,28-40,42-45,47-48,50-52H,12,15-17,19-26H2,1-9H3/b18-14+,27-13+/t28?,29?,30?,31?,32?,33?,34?,35?,36?,37?,38-,39?,40?,42?,43+,44-,45-,46?/m1/s1.